The zero-order chi connectivity index (χ0) is 20.6. The first-order valence-electron chi connectivity index (χ1n) is 9.62. The van der Waals surface area contributed by atoms with Crippen LogP contribution in [0, 0.1) is 5.41 Å². The predicted octanol–water partition coefficient (Wildman–Crippen LogP) is 4.56. The summed E-state index contributed by atoms with van der Waals surface area (Å²) in [6.45, 7) is 6.61. The van der Waals surface area contributed by atoms with Crippen LogP contribution in [0.15, 0.2) is 28.7 Å². The molecular formula is C21H28BrNO5. The van der Waals surface area contributed by atoms with Gasteiger partial charge in [0, 0.05) is 17.6 Å². The lowest BCUT2D eigenvalue weighted by Crippen LogP contribution is -2.57. The van der Waals surface area contributed by atoms with E-state index in [4.69, 9.17) is 14.6 Å². The van der Waals surface area contributed by atoms with Crippen molar-refractivity contribution in [3.05, 3.63) is 34.3 Å². The number of rotatable bonds is 4. The molecule has 6 nitrogen and oxygen atoms in total. The second-order valence-corrected chi connectivity index (χ2v) is 9.92. The highest BCUT2D eigenvalue weighted by Crippen LogP contribution is 2.61. The highest BCUT2D eigenvalue weighted by molar-refractivity contribution is 9.10. The number of aliphatic carboxylic acids is 1. The molecule has 28 heavy (non-hydrogen) atoms. The van der Waals surface area contributed by atoms with Gasteiger partial charge in [-0.05, 0) is 69.6 Å². The minimum atomic E-state index is -0.963. The number of amides is 1. The van der Waals surface area contributed by atoms with Gasteiger partial charge in [0.2, 0.25) is 0 Å². The third-order valence-electron chi connectivity index (χ3n) is 5.62. The second-order valence-electron chi connectivity index (χ2n) is 9.01. The summed E-state index contributed by atoms with van der Waals surface area (Å²) in [6, 6.07) is 7.89. The number of carboxylic acid groups (broad SMARTS) is 1. The molecule has 1 N–H and O–H groups in total. The van der Waals surface area contributed by atoms with Gasteiger partial charge >= 0.3 is 12.1 Å². The van der Waals surface area contributed by atoms with Crippen LogP contribution < -0.4 is 0 Å². The summed E-state index contributed by atoms with van der Waals surface area (Å²) >= 11 is 3.49. The van der Waals surface area contributed by atoms with Crippen molar-refractivity contribution in [2.24, 2.45) is 5.41 Å². The fourth-order valence-electron chi connectivity index (χ4n) is 4.36. The van der Waals surface area contributed by atoms with Crippen LogP contribution in [0.1, 0.15) is 52.0 Å². The summed E-state index contributed by atoms with van der Waals surface area (Å²) in [5.41, 5.74) is 0.0158. The molecule has 7 heteroatoms. The second kappa shape index (κ2) is 7.67. The molecule has 1 saturated heterocycles. The minimum Gasteiger partial charge on any atom is -0.480 e. The number of carbonyl (C=O) groups excluding carboxylic acids is 1. The summed E-state index contributed by atoms with van der Waals surface area (Å²) < 4.78 is 12.3. The van der Waals surface area contributed by atoms with Gasteiger partial charge in [0.25, 0.3) is 0 Å². The van der Waals surface area contributed by atoms with Crippen molar-refractivity contribution in [3.63, 3.8) is 0 Å². The van der Waals surface area contributed by atoms with Crippen molar-refractivity contribution >= 4 is 28.0 Å². The molecule has 1 aromatic carbocycles. The highest BCUT2D eigenvalue weighted by atomic mass is 79.9. The SMILES string of the molecule is CC(C)(C)OC(=O)N1CCC2(CC1)CC(OCC(=O)O)(c1cccc(Br)c1)C2. The van der Waals surface area contributed by atoms with Gasteiger partial charge in [0.15, 0.2) is 0 Å². The molecule has 1 aromatic rings. The fraction of sp³-hybridized carbons (Fsp3) is 0.619. The molecular weight excluding hydrogens is 426 g/mol. The van der Waals surface area contributed by atoms with Crippen molar-refractivity contribution < 1.29 is 24.2 Å². The third-order valence-corrected chi connectivity index (χ3v) is 6.11. The molecule has 3 rings (SSSR count). The Balaban J connectivity index is 1.67. The van der Waals surface area contributed by atoms with Gasteiger partial charge in [-0.2, -0.15) is 0 Å². The molecule has 2 aliphatic rings. The molecule has 1 saturated carbocycles. The topological polar surface area (TPSA) is 76.1 Å². The van der Waals surface area contributed by atoms with Gasteiger partial charge < -0.3 is 19.5 Å². The molecule has 0 unspecified atom stereocenters. The molecule has 1 aliphatic heterocycles. The van der Waals surface area contributed by atoms with Gasteiger partial charge in [-0.15, -0.1) is 0 Å². The number of ether oxygens (including phenoxy) is 2. The maximum Gasteiger partial charge on any atom is 0.410 e. The van der Waals surface area contributed by atoms with E-state index in [0.29, 0.717) is 13.1 Å². The number of hydrogen-bond donors (Lipinski definition) is 1. The number of carboxylic acids is 1. The standard InChI is InChI=1S/C21H28BrNO5/c1-19(2,3)28-18(26)23-9-7-20(8-10-23)13-21(14-20,27-12-17(24)25)15-5-4-6-16(22)11-15/h4-6,11H,7-10,12-14H2,1-3H3,(H,24,25). The number of piperidine rings is 1. The Morgan fingerprint density at radius 1 is 1.21 bits per heavy atom. The van der Waals surface area contributed by atoms with Crippen LogP contribution in [0.5, 0.6) is 0 Å². The van der Waals surface area contributed by atoms with Crippen LogP contribution in [0.2, 0.25) is 0 Å². The summed E-state index contributed by atoms with van der Waals surface area (Å²) in [5, 5.41) is 9.10. The molecule has 0 atom stereocenters. The molecule has 1 amide bonds. The van der Waals surface area contributed by atoms with Crippen molar-refractivity contribution in [2.75, 3.05) is 19.7 Å². The number of carbonyl (C=O) groups is 2. The highest BCUT2D eigenvalue weighted by Gasteiger charge is 2.57. The molecule has 0 radical (unpaired) electrons. The van der Waals surface area contributed by atoms with E-state index >= 15 is 0 Å². The van der Waals surface area contributed by atoms with Gasteiger partial charge in [-0.1, -0.05) is 28.1 Å². The molecule has 0 bridgehead atoms. The Morgan fingerprint density at radius 3 is 2.39 bits per heavy atom. The lowest BCUT2D eigenvalue weighted by atomic mass is 9.53. The molecule has 1 spiro atoms. The monoisotopic (exact) mass is 453 g/mol. The van der Waals surface area contributed by atoms with Crippen LogP contribution in [-0.2, 0) is 19.9 Å². The Labute approximate surface area is 174 Å². The van der Waals surface area contributed by atoms with E-state index in [1.165, 1.54) is 0 Å². The Kier molecular flexibility index (Phi) is 5.79. The van der Waals surface area contributed by atoms with E-state index in [2.05, 4.69) is 15.9 Å². The maximum atomic E-state index is 12.3. The summed E-state index contributed by atoms with van der Waals surface area (Å²) in [5.74, 6) is -0.963. The number of hydrogen-bond acceptors (Lipinski definition) is 4. The molecule has 1 aliphatic carbocycles. The Hall–Kier alpha value is -1.60. The van der Waals surface area contributed by atoms with E-state index in [1.807, 2.05) is 45.0 Å². The number of nitrogens with zero attached hydrogens (tertiary/aromatic N) is 1. The number of halogens is 1. The van der Waals surface area contributed by atoms with E-state index in [1.54, 1.807) is 4.90 Å². The third kappa shape index (κ3) is 4.69. The summed E-state index contributed by atoms with van der Waals surface area (Å²) in [6.07, 6.45) is 3.02. The van der Waals surface area contributed by atoms with Crippen LogP contribution >= 0.6 is 15.9 Å². The van der Waals surface area contributed by atoms with Crippen molar-refractivity contribution in [3.8, 4) is 0 Å². The van der Waals surface area contributed by atoms with E-state index in [9.17, 15) is 9.59 Å². The number of likely N-dealkylation sites (tertiary alicyclic amines) is 1. The van der Waals surface area contributed by atoms with Crippen LogP contribution in [-0.4, -0.2) is 47.4 Å². The van der Waals surface area contributed by atoms with Gasteiger partial charge in [0.05, 0.1) is 5.60 Å². The minimum absolute atomic E-state index is 0.0827. The van der Waals surface area contributed by atoms with Crippen molar-refractivity contribution in [1.82, 2.24) is 4.90 Å². The van der Waals surface area contributed by atoms with Crippen LogP contribution in [0.4, 0.5) is 4.79 Å². The fourth-order valence-corrected chi connectivity index (χ4v) is 4.76. The number of benzene rings is 1. The zero-order valence-corrected chi connectivity index (χ0v) is 18.3. The molecule has 2 fully saturated rings. The van der Waals surface area contributed by atoms with Gasteiger partial charge in [-0.25, -0.2) is 9.59 Å². The lowest BCUT2D eigenvalue weighted by molar-refractivity contribution is -0.198. The van der Waals surface area contributed by atoms with E-state index < -0.39 is 17.2 Å². The summed E-state index contributed by atoms with van der Waals surface area (Å²) in [7, 11) is 0. The summed E-state index contributed by atoms with van der Waals surface area (Å²) in [4.78, 5) is 25.2. The Morgan fingerprint density at radius 2 is 1.86 bits per heavy atom. The predicted molar refractivity (Wildman–Crippen MR) is 108 cm³/mol. The molecule has 154 valence electrons. The molecule has 1 heterocycles. The maximum absolute atomic E-state index is 12.3. The average Bonchev–Trinajstić information content (AvgIpc) is 2.56. The normalized spacial score (nSPS) is 20.5. The van der Waals surface area contributed by atoms with Gasteiger partial charge in [-0.3, -0.25) is 0 Å². The first-order chi connectivity index (χ1) is 13.0. The van der Waals surface area contributed by atoms with Gasteiger partial charge in [0.1, 0.15) is 12.2 Å². The lowest BCUT2D eigenvalue weighted by Gasteiger charge is -2.58. The van der Waals surface area contributed by atoms with E-state index in [-0.39, 0.29) is 18.1 Å². The first-order valence-corrected chi connectivity index (χ1v) is 10.4. The molecule has 0 aromatic heterocycles. The van der Waals surface area contributed by atoms with Crippen LogP contribution in [0.3, 0.4) is 0 Å². The Bertz CT molecular complexity index is 741. The van der Waals surface area contributed by atoms with Crippen LogP contribution in [0.25, 0.3) is 0 Å². The zero-order valence-electron chi connectivity index (χ0n) is 16.7. The quantitative estimate of drug-likeness (QED) is 0.722. The van der Waals surface area contributed by atoms with Crippen molar-refractivity contribution in [1.29, 1.82) is 0 Å². The largest absolute Gasteiger partial charge is 0.480 e. The average molecular weight is 454 g/mol. The first kappa shape index (κ1) is 21.1. The van der Waals surface area contributed by atoms with Crippen molar-refractivity contribution in [2.45, 2.75) is 57.7 Å². The van der Waals surface area contributed by atoms with E-state index in [0.717, 1.165) is 35.7 Å². The smallest absolute Gasteiger partial charge is 0.410 e.